The first-order valence-electron chi connectivity index (χ1n) is 5.64. The minimum absolute atomic E-state index is 0.136. The van der Waals surface area contributed by atoms with Crippen molar-refractivity contribution in [3.05, 3.63) is 35.4 Å². The van der Waals surface area contributed by atoms with E-state index in [0.29, 0.717) is 0 Å². The summed E-state index contributed by atoms with van der Waals surface area (Å²) in [7, 11) is 1.29. The van der Waals surface area contributed by atoms with E-state index < -0.39 is 5.97 Å². The van der Waals surface area contributed by atoms with Gasteiger partial charge in [-0.25, -0.2) is 4.79 Å². The van der Waals surface area contributed by atoms with Gasteiger partial charge in [-0.2, -0.15) is 0 Å². The second-order valence-corrected chi connectivity index (χ2v) is 4.82. The molecule has 92 valence electrons. The van der Waals surface area contributed by atoms with Crippen molar-refractivity contribution in [2.75, 3.05) is 7.11 Å². The quantitative estimate of drug-likeness (QED) is 0.396. The molecular weight excluding hydrogens is 224 g/mol. The summed E-state index contributed by atoms with van der Waals surface area (Å²) in [5.41, 5.74) is 2.27. The molecule has 0 N–H and O–H groups in total. The number of hydrogen-bond donors (Lipinski definition) is 0. The zero-order valence-electron chi connectivity index (χ0n) is 11.1. The van der Waals surface area contributed by atoms with E-state index in [4.69, 9.17) is 0 Å². The zero-order valence-corrected chi connectivity index (χ0v) is 11.1. The van der Waals surface area contributed by atoms with Crippen LogP contribution in [-0.4, -0.2) is 13.1 Å². The van der Waals surface area contributed by atoms with Gasteiger partial charge >= 0.3 is 5.97 Å². The van der Waals surface area contributed by atoms with Gasteiger partial charge in [-0.3, -0.25) is 0 Å². The largest absolute Gasteiger partial charge is 0.459 e. The van der Waals surface area contributed by atoms with Gasteiger partial charge in [0.05, 0.1) is 7.11 Å². The molecule has 0 radical (unpaired) electrons. The second kappa shape index (κ2) is 5.94. The van der Waals surface area contributed by atoms with E-state index in [2.05, 4.69) is 61.3 Å². The van der Waals surface area contributed by atoms with Crippen LogP contribution in [0.4, 0.5) is 0 Å². The Hall–Kier alpha value is -2.19. The van der Waals surface area contributed by atoms with Gasteiger partial charge in [0.15, 0.2) is 0 Å². The topological polar surface area (TPSA) is 26.3 Å². The summed E-state index contributed by atoms with van der Waals surface area (Å²) < 4.78 is 4.38. The van der Waals surface area contributed by atoms with Crippen LogP contribution in [0.15, 0.2) is 24.3 Å². The van der Waals surface area contributed by atoms with E-state index in [-0.39, 0.29) is 5.41 Å². The maximum Gasteiger partial charge on any atom is 0.385 e. The summed E-state index contributed by atoms with van der Waals surface area (Å²) in [4.78, 5) is 10.7. The van der Waals surface area contributed by atoms with Crippen molar-refractivity contribution in [3.8, 4) is 23.7 Å². The Kier molecular flexibility index (Phi) is 4.58. The van der Waals surface area contributed by atoms with Crippen LogP contribution in [0.3, 0.4) is 0 Å². The minimum atomic E-state index is -0.576. The molecule has 0 aliphatic rings. The summed E-state index contributed by atoms with van der Waals surface area (Å²) in [5, 5.41) is 0. The molecule has 0 amide bonds. The van der Waals surface area contributed by atoms with Gasteiger partial charge in [0.1, 0.15) is 0 Å². The summed E-state index contributed by atoms with van der Waals surface area (Å²) in [6.45, 7) is 6.49. The number of methoxy groups -OCH3 is 1. The molecule has 1 aromatic rings. The van der Waals surface area contributed by atoms with E-state index in [1.165, 1.54) is 12.7 Å². The Morgan fingerprint density at radius 3 is 2.22 bits per heavy atom. The number of ether oxygens (including phenoxy) is 1. The molecule has 18 heavy (non-hydrogen) atoms. The van der Waals surface area contributed by atoms with E-state index in [0.717, 1.165) is 5.56 Å². The fourth-order valence-corrected chi connectivity index (χ4v) is 1.29. The van der Waals surface area contributed by atoms with Gasteiger partial charge in [-0.1, -0.05) is 38.8 Å². The smallest absolute Gasteiger partial charge is 0.385 e. The minimum Gasteiger partial charge on any atom is -0.459 e. The number of benzene rings is 1. The molecule has 0 bridgehead atoms. The summed E-state index contributed by atoms with van der Waals surface area (Å²) in [5.74, 6) is 9.61. The fraction of sp³-hybridized carbons (Fsp3) is 0.312. The first-order chi connectivity index (χ1) is 8.43. The third-order valence-corrected chi connectivity index (χ3v) is 2.37. The van der Waals surface area contributed by atoms with Crippen LogP contribution in [-0.2, 0) is 14.9 Å². The first-order valence-corrected chi connectivity index (χ1v) is 5.64. The Balaban J connectivity index is 2.78. The van der Waals surface area contributed by atoms with E-state index in [1.54, 1.807) is 0 Å². The van der Waals surface area contributed by atoms with Gasteiger partial charge in [-0.05, 0) is 35.0 Å². The lowest BCUT2D eigenvalue weighted by atomic mass is 9.87. The lowest BCUT2D eigenvalue weighted by molar-refractivity contribution is -0.133. The van der Waals surface area contributed by atoms with Crippen LogP contribution in [0.5, 0.6) is 0 Å². The van der Waals surface area contributed by atoms with Gasteiger partial charge in [0, 0.05) is 11.5 Å². The molecule has 0 heterocycles. The fourth-order valence-electron chi connectivity index (χ4n) is 1.29. The highest BCUT2D eigenvalue weighted by Gasteiger charge is 2.12. The van der Waals surface area contributed by atoms with E-state index >= 15 is 0 Å². The van der Waals surface area contributed by atoms with Crippen molar-refractivity contribution < 1.29 is 9.53 Å². The summed E-state index contributed by atoms with van der Waals surface area (Å²) in [6, 6.07) is 8.01. The number of hydrogen-bond acceptors (Lipinski definition) is 2. The predicted octanol–water partition coefficient (Wildman–Crippen LogP) is 2.51. The van der Waals surface area contributed by atoms with Crippen LogP contribution in [0, 0.1) is 23.7 Å². The van der Waals surface area contributed by atoms with Crippen LogP contribution in [0.2, 0.25) is 0 Å². The molecular formula is C16H16O2. The monoisotopic (exact) mass is 240 g/mol. The first kappa shape index (κ1) is 13.9. The van der Waals surface area contributed by atoms with Gasteiger partial charge in [0.2, 0.25) is 0 Å². The molecule has 0 aliphatic heterocycles. The Labute approximate surface area is 108 Å². The Morgan fingerprint density at radius 1 is 1.11 bits per heavy atom. The van der Waals surface area contributed by atoms with Crippen LogP contribution in [0.1, 0.15) is 31.9 Å². The molecule has 0 fully saturated rings. The molecule has 0 unspecified atom stereocenters. The highest BCUT2D eigenvalue weighted by Crippen LogP contribution is 2.21. The maximum absolute atomic E-state index is 10.7. The molecule has 0 saturated carbocycles. The van der Waals surface area contributed by atoms with Gasteiger partial charge in [0.25, 0.3) is 0 Å². The Morgan fingerprint density at radius 2 is 1.72 bits per heavy atom. The van der Waals surface area contributed by atoms with Gasteiger partial charge < -0.3 is 4.74 Å². The molecule has 1 rings (SSSR count). The number of carbonyl (C=O) groups excluding carboxylic acids is 1. The third-order valence-electron chi connectivity index (χ3n) is 2.37. The SMILES string of the molecule is COC(=O)C#CC#Cc1ccc(C(C)(C)C)cc1. The van der Waals surface area contributed by atoms with Crippen molar-refractivity contribution in [1.29, 1.82) is 0 Å². The van der Waals surface area contributed by atoms with Crippen LogP contribution < -0.4 is 0 Å². The molecule has 0 spiro atoms. The highest BCUT2D eigenvalue weighted by atomic mass is 16.5. The number of rotatable bonds is 0. The normalized spacial score (nSPS) is 9.56. The molecule has 2 nitrogen and oxygen atoms in total. The second-order valence-electron chi connectivity index (χ2n) is 4.82. The zero-order chi connectivity index (χ0) is 13.6. The summed E-state index contributed by atoms with van der Waals surface area (Å²) in [6.07, 6.45) is 0. The van der Waals surface area contributed by atoms with Crippen molar-refractivity contribution in [2.24, 2.45) is 0 Å². The molecule has 0 aliphatic carbocycles. The highest BCUT2D eigenvalue weighted by molar-refractivity contribution is 5.88. The lowest BCUT2D eigenvalue weighted by Crippen LogP contribution is -2.10. The molecule has 0 saturated heterocycles. The van der Waals surface area contributed by atoms with E-state index in [9.17, 15) is 4.79 Å². The average molecular weight is 240 g/mol. The Bertz CT molecular complexity index is 537. The maximum atomic E-state index is 10.7. The number of esters is 1. The lowest BCUT2D eigenvalue weighted by Gasteiger charge is -2.18. The summed E-state index contributed by atoms with van der Waals surface area (Å²) >= 11 is 0. The predicted molar refractivity (Wildman–Crippen MR) is 71.8 cm³/mol. The standard InChI is InChI=1S/C16H16O2/c1-16(2,3)14-11-9-13(10-12-14)7-5-6-8-15(17)18-4/h9-12H,1-4H3. The van der Waals surface area contributed by atoms with Crippen LogP contribution in [0.25, 0.3) is 0 Å². The molecule has 0 aromatic heterocycles. The van der Waals surface area contributed by atoms with Crippen molar-refractivity contribution in [3.63, 3.8) is 0 Å². The van der Waals surface area contributed by atoms with Crippen molar-refractivity contribution >= 4 is 5.97 Å². The average Bonchev–Trinajstić information content (AvgIpc) is 2.33. The third kappa shape index (κ3) is 4.36. The molecule has 2 heteroatoms. The van der Waals surface area contributed by atoms with Crippen molar-refractivity contribution in [2.45, 2.75) is 26.2 Å². The van der Waals surface area contributed by atoms with Crippen LogP contribution >= 0.6 is 0 Å². The van der Waals surface area contributed by atoms with Gasteiger partial charge in [-0.15, -0.1) is 0 Å². The molecule has 1 aromatic carbocycles. The van der Waals surface area contributed by atoms with Crippen molar-refractivity contribution in [1.82, 2.24) is 0 Å². The number of carbonyl (C=O) groups is 1. The molecule has 0 atom stereocenters. The van der Waals surface area contributed by atoms with E-state index in [1.807, 2.05) is 12.1 Å².